The molecule has 174 valence electrons. The second kappa shape index (κ2) is 9.45. The van der Waals surface area contributed by atoms with Crippen LogP contribution < -0.4 is 4.90 Å². The number of esters is 1. The fourth-order valence-corrected chi connectivity index (χ4v) is 4.84. The largest absolute Gasteiger partial charge is 0.465 e. The van der Waals surface area contributed by atoms with E-state index in [1.165, 1.54) is 7.11 Å². The van der Waals surface area contributed by atoms with Crippen molar-refractivity contribution < 1.29 is 14.3 Å². The van der Waals surface area contributed by atoms with Crippen LogP contribution >= 0.6 is 39.1 Å². The van der Waals surface area contributed by atoms with Crippen LogP contribution in [0.4, 0.5) is 5.69 Å². The summed E-state index contributed by atoms with van der Waals surface area (Å²) in [4.78, 5) is 27.6. The molecule has 3 aromatic rings. The number of ketones is 1. The van der Waals surface area contributed by atoms with Crippen LogP contribution in [-0.2, 0) is 14.3 Å². The molecule has 1 aliphatic heterocycles. The lowest BCUT2D eigenvalue weighted by Gasteiger charge is -2.21. The maximum Gasteiger partial charge on any atom is 0.343 e. The monoisotopic (exact) mass is 558 g/mol. The van der Waals surface area contributed by atoms with Gasteiger partial charge in [0.1, 0.15) is 5.57 Å². The summed E-state index contributed by atoms with van der Waals surface area (Å²) in [5, 5.41) is 0.908. The standard InChI is InChI=1S/C26H21BrCl2N2O3/c1-14-12-17(15(2)30(14)21-7-5-6-20(28)24(21)29)13-22-25(32)23(26(33)34-4)16(3)31(22)19-10-8-18(27)9-11-19/h5-13H,1-4H3/b22-13+. The van der Waals surface area contributed by atoms with Crippen LogP contribution in [-0.4, -0.2) is 23.4 Å². The lowest BCUT2D eigenvalue weighted by Crippen LogP contribution is -2.18. The number of benzene rings is 2. The summed E-state index contributed by atoms with van der Waals surface area (Å²) in [6.07, 6.45) is 1.79. The van der Waals surface area contributed by atoms with Crippen molar-refractivity contribution in [2.45, 2.75) is 20.8 Å². The lowest BCUT2D eigenvalue weighted by molar-refractivity contribution is -0.137. The van der Waals surface area contributed by atoms with E-state index in [0.717, 1.165) is 32.8 Å². The third-order valence-electron chi connectivity index (χ3n) is 5.81. The van der Waals surface area contributed by atoms with Gasteiger partial charge in [-0.25, -0.2) is 4.79 Å². The Labute approximate surface area is 216 Å². The maximum absolute atomic E-state index is 13.4. The number of carbonyl (C=O) groups excluding carboxylic acids is 2. The Balaban J connectivity index is 1.89. The van der Waals surface area contributed by atoms with Crippen molar-refractivity contribution in [3.05, 3.63) is 97.0 Å². The number of carbonyl (C=O) groups is 2. The Morgan fingerprint density at radius 1 is 1.06 bits per heavy atom. The van der Waals surface area contributed by atoms with Crippen LogP contribution in [0.1, 0.15) is 23.9 Å². The van der Waals surface area contributed by atoms with E-state index in [1.54, 1.807) is 24.0 Å². The zero-order valence-electron chi connectivity index (χ0n) is 18.9. The molecular weight excluding hydrogens is 539 g/mol. The number of aromatic nitrogens is 1. The van der Waals surface area contributed by atoms with Crippen molar-refractivity contribution in [1.82, 2.24) is 4.57 Å². The molecule has 1 aromatic heterocycles. The molecular formula is C26H21BrCl2N2O3. The van der Waals surface area contributed by atoms with Gasteiger partial charge in [-0.05, 0) is 74.9 Å². The van der Waals surface area contributed by atoms with E-state index in [9.17, 15) is 9.59 Å². The second-order valence-corrected chi connectivity index (χ2v) is 9.56. The number of allylic oxidation sites excluding steroid dienone is 2. The van der Waals surface area contributed by atoms with E-state index in [-0.39, 0.29) is 5.57 Å². The fourth-order valence-electron chi connectivity index (χ4n) is 4.20. The van der Waals surface area contributed by atoms with Gasteiger partial charge >= 0.3 is 5.97 Å². The molecule has 34 heavy (non-hydrogen) atoms. The first-order chi connectivity index (χ1) is 16.1. The van der Waals surface area contributed by atoms with E-state index in [4.69, 9.17) is 27.9 Å². The van der Waals surface area contributed by atoms with Gasteiger partial charge in [0.2, 0.25) is 5.78 Å². The highest BCUT2D eigenvalue weighted by atomic mass is 79.9. The molecule has 1 aliphatic rings. The Hall–Kier alpha value is -2.80. The van der Waals surface area contributed by atoms with Gasteiger partial charge in [0, 0.05) is 27.2 Å². The number of hydrogen-bond acceptors (Lipinski definition) is 4. The number of anilines is 1. The summed E-state index contributed by atoms with van der Waals surface area (Å²) < 4.78 is 7.79. The van der Waals surface area contributed by atoms with Crippen molar-refractivity contribution in [1.29, 1.82) is 0 Å². The minimum Gasteiger partial charge on any atom is -0.465 e. The average Bonchev–Trinajstić information content (AvgIpc) is 3.22. The zero-order chi connectivity index (χ0) is 24.7. The molecule has 0 saturated heterocycles. The van der Waals surface area contributed by atoms with E-state index in [0.29, 0.717) is 21.4 Å². The molecule has 0 fully saturated rings. The molecule has 0 N–H and O–H groups in total. The van der Waals surface area contributed by atoms with E-state index in [1.807, 2.05) is 60.9 Å². The first-order valence-corrected chi connectivity index (χ1v) is 11.9. The normalized spacial score (nSPS) is 15.0. The van der Waals surface area contributed by atoms with Gasteiger partial charge in [-0.2, -0.15) is 0 Å². The molecule has 0 spiro atoms. The molecule has 0 atom stereocenters. The molecule has 4 rings (SSSR count). The van der Waals surface area contributed by atoms with E-state index in [2.05, 4.69) is 15.9 Å². The number of aryl methyl sites for hydroxylation is 1. The zero-order valence-corrected chi connectivity index (χ0v) is 22.0. The van der Waals surface area contributed by atoms with Crippen LogP contribution in [0.15, 0.2) is 70.0 Å². The van der Waals surface area contributed by atoms with Gasteiger partial charge in [0.05, 0.1) is 28.5 Å². The second-order valence-electron chi connectivity index (χ2n) is 7.86. The molecule has 8 heteroatoms. The van der Waals surface area contributed by atoms with Gasteiger partial charge in [-0.15, -0.1) is 0 Å². The van der Waals surface area contributed by atoms with Crippen LogP contribution in [0.5, 0.6) is 0 Å². The Morgan fingerprint density at radius 2 is 1.74 bits per heavy atom. The summed E-state index contributed by atoms with van der Waals surface area (Å²) >= 11 is 16.2. The van der Waals surface area contributed by atoms with Gasteiger partial charge < -0.3 is 14.2 Å². The minimum absolute atomic E-state index is 0.0170. The molecule has 0 bridgehead atoms. The Morgan fingerprint density at radius 3 is 2.38 bits per heavy atom. The fraction of sp³-hybridized carbons (Fsp3) is 0.154. The maximum atomic E-state index is 13.4. The van der Waals surface area contributed by atoms with E-state index < -0.39 is 11.8 Å². The summed E-state index contributed by atoms with van der Waals surface area (Å²) in [6, 6.07) is 15.0. The molecule has 0 radical (unpaired) electrons. The Bertz CT molecular complexity index is 1390. The van der Waals surface area contributed by atoms with Gasteiger partial charge in [0.15, 0.2) is 0 Å². The number of hydrogen-bond donors (Lipinski definition) is 0. The van der Waals surface area contributed by atoms with E-state index >= 15 is 0 Å². The molecule has 0 saturated carbocycles. The number of halogens is 3. The van der Waals surface area contributed by atoms with Gasteiger partial charge in [-0.3, -0.25) is 4.79 Å². The van der Waals surface area contributed by atoms with Crippen LogP contribution in [0, 0.1) is 13.8 Å². The summed E-state index contributed by atoms with van der Waals surface area (Å²) in [7, 11) is 1.27. The summed E-state index contributed by atoms with van der Waals surface area (Å²) in [5.41, 5.74) is 5.01. The highest BCUT2D eigenvalue weighted by molar-refractivity contribution is 9.10. The smallest absolute Gasteiger partial charge is 0.343 e. The highest BCUT2D eigenvalue weighted by Crippen LogP contribution is 2.37. The topological polar surface area (TPSA) is 51.5 Å². The number of ether oxygens (including phenoxy) is 1. The number of Topliss-reactive ketones (excluding diaryl/α,β-unsaturated/α-hetero) is 1. The SMILES string of the molecule is COC(=O)C1=C(C)N(c2ccc(Br)cc2)/C(=C/c2cc(C)n(-c3cccc(Cl)c3Cl)c2C)C1=O. The van der Waals surface area contributed by atoms with Crippen LogP contribution in [0.3, 0.4) is 0 Å². The van der Waals surface area contributed by atoms with Crippen molar-refractivity contribution in [3.63, 3.8) is 0 Å². The molecule has 0 aliphatic carbocycles. The van der Waals surface area contributed by atoms with Crippen molar-refractivity contribution in [3.8, 4) is 5.69 Å². The molecule has 2 heterocycles. The van der Waals surface area contributed by atoms with Crippen molar-refractivity contribution in [2.24, 2.45) is 0 Å². The quantitative estimate of drug-likeness (QED) is 0.195. The third-order valence-corrected chi connectivity index (χ3v) is 7.14. The molecule has 5 nitrogen and oxygen atoms in total. The Kier molecular flexibility index (Phi) is 6.76. The third kappa shape index (κ3) is 4.11. The molecule has 0 unspecified atom stereocenters. The first kappa shape index (κ1) is 24.3. The molecule has 2 aromatic carbocycles. The van der Waals surface area contributed by atoms with Crippen LogP contribution in [0.2, 0.25) is 10.0 Å². The van der Waals surface area contributed by atoms with Gasteiger partial charge in [0.25, 0.3) is 0 Å². The number of methoxy groups -OCH3 is 1. The first-order valence-electron chi connectivity index (χ1n) is 10.4. The predicted molar refractivity (Wildman–Crippen MR) is 140 cm³/mol. The summed E-state index contributed by atoms with van der Waals surface area (Å²) in [5.74, 6) is -1.05. The van der Waals surface area contributed by atoms with Crippen molar-refractivity contribution >= 4 is 62.6 Å². The highest BCUT2D eigenvalue weighted by Gasteiger charge is 2.38. The van der Waals surface area contributed by atoms with Crippen LogP contribution in [0.25, 0.3) is 11.8 Å². The number of rotatable bonds is 4. The number of nitrogens with zero attached hydrogens (tertiary/aromatic N) is 2. The lowest BCUT2D eigenvalue weighted by atomic mass is 10.1. The van der Waals surface area contributed by atoms with Crippen molar-refractivity contribution in [2.75, 3.05) is 12.0 Å². The molecule has 0 amide bonds. The summed E-state index contributed by atoms with van der Waals surface area (Å²) in [6.45, 7) is 5.64. The predicted octanol–water partition coefficient (Wildman–Crippen LogP) is 7.04. The minimum atomic E-state index is -0.663. The van der Waals surface area contributed by atoms with Gasteiger partial charge in [-0.1, -0.05) is 45.2 Å². The average molecular weight is 560 g/mol.